The maximum absolute atomic E-state index is 12.4. The van der Waals surface area contributed by atoms with Gasteiger partial charge < -0.3 is 10.0 Å². The van der Waals surface area contributed by atoms with Gasteiger partial charge in [-0.2, -0.15) is 0 Å². The normalized spacial score (nSPS) is 15.7. The number of carbonyl (C=O) groups excluding carboxylic acids is 1. The Hall–Kier alpha value is -2.56. The molecule has 0 spiro atoms. The molecule has 1 aliphatic heterocycles. The number of piperidine rings is 1. The lowest BCUT2D eigenvalue weighted by Crippen LogP contribution is -2.38. The number of hydrogen-bond acceptors (Lipinski definition) is 3. The summed E-state index contributed by atoms with van der Waals surface area (Å²) in [6, 6.07) is 12.8. The highest BCUT2D eigenvalue weighted by molar-refractivity contribution is 5.94. The number of likely N-dealkylation sites (tertiary alicyclic amines) is 1. The summed E-state index contributed by atoms with van der Waals surface area (Å²) in [6.45, 7) is 1.32. The van der Waals surface area contributed by atoms with Crippen molar-refractivity contribution in [3.63, 3.8) is 0 Å². The van der Waals surface area contributed by atoms with E-state index < -0.39 is 5.56 Å². The molecule has 1 amide bonds. The standard InChI is InChI=1S/C17H18N2O3/c20-15-10-14(11-16(21)18-15)17(22)19-8-6-13(7-9-19)12-4-2-1-3-5-12/h1-5,10-11,13H,6-9H2,(H2,18,20,21). The van der Waals surface area contributed by atoms with Crippen LogP contribution in [0.2, 0.25) is 0 Å². The molecule has 1 saturated heterocycles. The molecule has 0 saturated carbocycles. The lowest BCUT2D eigenvalue weighted by atomic mass is 9.89. The first-order valence-corrected chi connectivity index (χ1v) is 7.41. The summed E-state index contributed by atoms with van der Waals surface area (Å²) in [6.07, 6.45) is 1.82. The molecule has 0 radical (unpaired) electrons. The molecule has 3 rings (SSSR count). The van der Waals surface area contributed by atoms with Gasteiger partial charge in [-0.25, -0.2) is 0 Å². The van der Waals surface area contributed by atoms with Crippen LogP contribution in [0.25, 0.3) is 0 Å². The van der Waals surface area contributed by atoms with Gasteiger partial charge in [0.05, 0.1) is 5.56 Å². The van der Waals surface area contributed by atoms with Crippen molar-refractivity contribution in [3.05, 3.63) is 63.9 Å². The second-order valence-electron chi connectivity index (χ2n) is 5.60. The van der Waals surface area contributed by atoms with Crippen molar-refractivity contribution < 1.29 is 9.90 Å². The Morgan fingerprint density at radius 3 is 2.45 bits per heavy atom. The van der Waals surface area contributed by atoms with Crippen LogP contribution in [-0.4, -0.2) is 34.0 Å². The summed E-state index contributed by atoms with van der Waals surface area (Å²) in [7, 11) is 0. The van der Waals surface area contributed by atoms with E-state index >= 15 is 0 Å². The van der Waals surface area contributed by atoms with Gasteiger partial charge in [0.2, 0.25) is 0 Å². The lowest BCUT2D eigenvalue weighted by Gasteiger charge is -2.32. The molecule has 2 aromatic rings. The molecular formula is C17H18N2O3. The Kier molecular flexibility index (Phi) is 3.96. The number of nitrogens with zero attached hydrogens (tertiary/aromatic N) is 1. The van der Waals surface area contributed by atoms with E-state index in [-0.39, 0.29) is 17.4 Å². The second kappa shape index (κ2) is 6.05. The van der Waals surface area contributed by atoms with E-state index in [4.69, 9.17) is 0 Å². The smallest absolute Gasteiger partial charge is 0.254 e. The summed E-state index contributed by atoms with van der Waals surface area (Å²) in [5.41, 5.74) is 1.07. The molecule has 22 heavy (non-hydrogen) atoms. The number of amides is 1. The first-order valence-electron chi connectivity index (χ1n) is 7.41. The number of rotatable bonds is 2. The highest BCUT2D eigenvalue weighted by Crippen LogP contribution is 2.28. The van der Waals surface area contributed by atoms with Crippen LogP contribution in [-0.2, 0) is 0 Å². The third-order valence-corrected chi connectivity index (χ3v) is 4.13. The van der Waals surface area contributed by atoms with Crippen molar-refractivity contribution >= 4 is 5.91 Å². The quantitative estimate of drug-likeness (QED) is 0.891. The van der Waals surface area contributed by atoms with E-state index in [0.29, 0.717) is 19.0 Å². The molecule has 1 fully saturated rings. The fourth-order valence-corrected chi connectivity index (χ4v) is 2.98. The second-order valence-corrected chi connectivity index (χ2v) is 5.60. The zero-order valence-corrected chi connectivity index (χ0v) is 12.2. The van der Waals surface area contributed by atoms with Crippen LogP contribution in [0.15, 0.2) is 47.3 Å². The molecule has 1 aromatic carbocycles. The van der Waals surface area contributed by atoms with Crippen LogP contribution in [0.3, 0.4) is 0 Å². The summed E-state index contributed by atoms with van der Waals surface area (Å²) < 4.78 is 0. The fourth-order valence-electron chi connectivity index (χ4n) is 2.98. The van der Waals surface area contributed by atoms with Gasteiger partial charge in [0.25, 0.3) is 11.5 Å². The summed E-state index contributed by atoms with van der Waals surface area (Å²) in [4.78, 5) is 27.7. The van der Waals surface area contributed by atoms with E-state index in [1.54, 1.807) is 4.90 Å². The average molecular weight is 298 g/mol. The zero-order valence-electron chi connectivity index (χ0n) is 12.2. The number of benzene rings is 1. The van der Waals surface area contributed by atoms with Crippen molar-refractivity contribution in [3.8, 4) is 5.88 Å². The summed E-state index contributed by atoms with van der Waals surface area (Å²) in [5, 5.41) is 9.41. The minimum atomic E-state index is -0.470. The third-order valence-electron chi connectivity index (χ3n) is 4.13. The van der Waals surface area contributed by atoms with Crippen LogP contribution in [0.5, 0.6) is 5.88 Å². The maximum atomic E-state index is 12.4. The van der Waals surface area contributed by atoms with Gasteiger partial charge in [-0.3, -0.25) is 14.6 Å². The van der Waals surface area contributed by atoms with E-state index in [0.717, 1.165) is 12.8 Å². The first kappa shape index (κ1) is 14.4. The van der Waals surface area contributed by atoms with E-state index in [2.05, 4.69) is 17.1 Å². The van der Waals surface area contributed by atoms with E-state index in [1.165, 1.54) is 17.7 Å². The van der Waals surface area contributed by atoms with Gasteiger partial charge in [0.1, 0.15) is 0 Å². The Bertz CT molecular complexity index is 716. The highest BCUT2D eigenvalue weighted by atomic mass is 16.3. The van der Waals surface area contributed by atoms with Crippen molar-refractivity contribution in [2.45, 2.75) is 18.8 Å². The van der Waals surface area contributed by atoms with Crippen molar-refractivity contribution in [1.82, 2.24) is 9.88 Å². The molecule has 2 heterocycles. The Morgan fingerprint density at radius 2 is 1.82 bits per heavy atom. The highest BCUT2D eigenvalue weighted by Gasteiger charge is 2.24. The molecule has 114 valence electrons. The number of H-pyrrole nitrogens is 1. The van der Waals surface area contributed by atoms with Gasteiger partial charge >= 0.3 is 0 Å². The van der Waals surface area contributed by atoms with Gasteiger partial charge in [0.15, 0.2) is 5.88 Å². The van der Waals surface area contributed by atoms with Crippen LogP contribution in [0, 0.1) is 0 Å². The fraction of sp³-hybridized carbons (Fsp3) is 0.294. The van der Waals surface area contributed by atoms with Crippen molar-refractivity contribution in [2.24, 2.45) is 0 Å². The molecule has 0 unspecified atom stereocenters. The van der Waals surface area contributed by atoms with Gasteiger partial charge in [0, 0.05) is 25.2 Å². The van der Waals surface area contributed by atoms with Gasteiger partial charge in [-0.1, -0.05) is 30.3 Å². The number of carbonyl (C=O) groups is 1. The predicted octanol–water partition coefficient (Wildman–Crippen LogP) is 2.10. The summed E-state index contributed by atoms with van der Waals surface area (Å²) >= 11 is 0. The molecule has 1 aromatic heterocycles. The number of nitrogens with one attached hydrogen (secondary N) is 1. The molecule has 0 atom stereocenters. The van der Waals surface area contributed by atoms with E-state index in [9.17, 15) is 14.7 Å². The SMILES string of the molecule is O=C(c1cc(O)[nH]c(=O)c1)N1CCC(c2ccccc2)CC1. The number of aromatic nitrogens is 1. The lowest BCUT2D eigenvalue weighted by molar-refractivity contribution is 0.0712. The minimum Gasteiger partial charge on any atom is -0.494 e. The van der Waals surface area contributed by atoms with Crippen LogP contribution < -0.4 is 5.56 Å². The van der Waals surface area contributed by atoms with E-state index in [1.807, 2.05) is 18.2 Å². The minimum absolute atomic E-state index is 0.201. The van der Waals surface area contributed by atoms with Gasteiger partial charge in [-0.15, -0.1) is 0 Å². The molecular weight excluding hydrogens is 280 g/mol. The summed E-state index contributed by atoms with van der Waals surface area (Å²) in [5.74, 6) is -0.0132. The number of aromatic hydroxyl groups is 1. The van der Waals surface area contributed by atoms with Crippen molar-refractivity contribution in [2.75, 3.05) is 13.1 Å². The third kappa shape index (κ3) is 3.03. The number of aromatic amines is 1. The Labute approximate surface area is 128 Å². The number of hydrogen-bond donors (Lipinski definition) is 2. The molecule has 0 bridgehead atoms. The van der Waals surface area contributed by atoms with Gasteiger partial charge in [-0.05, 0) is 24.3 Å². The first-order chi connectivity index (χ1) is 10.6. The van der Waals surface area contributed by atoms with Crippen molar-refractivity contribution in [1.29, 1.82) is 0 Å². The Balaban J connectivity index is 1.68. The Morgan fingerprint density at radius 1 is 1.14 bits per heavy atom. The van der Waals surface area contributed by atoms with Crippen LogP contribution in [0.4, 0.5) is 0 Å². The monoisotopic (exact) mass is 298 g/mol. The zero-order chi connectivity index (χ0) is 15.5. The largest absolute Gasteiger partial charge is 0.494 e. The molecule has 5 nitrogen and oxygen atoms in total. The average Bonchev–Trinajstić information content (AvgIpc) is 2.54. The molecule has 0 aliphatic carbocycles. The molecule has 2 N–H and O–H groups in total. The molecule has 1 aliphatic rings. The van der Waals surface area contributed by atoms with Crippen LogP contribution >= 0.6 is 0 Å². The number of pyridine rings is 1. The van der Waals surface area contributed by atoms with Crippen LogP contribution in [0.1, 0.15) is 34.7 Å². The molecule has 5 heteroatoms. The maximum Gasteiger partial charge on any atom is 0.254 e. The predicted molar refractivity (Wildman–Crippen MR) is 83.0 cm³/mol. The topological polar surface area (TPSA) is 73.4 Å².